The molecule has 2 rings (SSSR count). The number of pyridine rings is 1. The quantitative estimate of drug-likeness (QED) is 0.597. The lowest BCUT2D eigenvalue weighted by Gasteiger charge is -2.44. The topological polar surface area (TPSA) is 104 Å². The fraction of sp³-hybridized carbons (Fsp3) is 0.667. The van der Waals surface area contributed by atoms with Crippen molar-refractivity contribution in [2.45, 2.75) is 50.9 Å². The van der Waals surface area contributed by atoms with Gasteiger partial charge in [-0.05, 0) is 12.0 Å². The molecule has 136 valence electrons. The zero-order chi connectivity index (χ0) is 17.9. The fourth-order valence-electron chi connectivity index (χ4n) is 2.71. The Morgan fingerprint density at radius 2 is 2.00 bits per heavy atom. The van der Waals surface area contributed by atoms with Crippen molar-refractivity contribution < 1.29 is 33.6 Å². The Balaban J connectivity index is 2.19. The molecule has 0 amide bonds. The van der Waals surface area contributed by atoms with E-state index in [0.29, 0.717) is 0 Å². The van der Waals surface area contributed by atoms with E-state index in [2.05, 4.69) is 15.0 Å². The number of aromatic nitrogens is 1. The summed E-state index contributed by atoms with van der Waals surface area (Å²) in [6.45, 7) is 0.306. The highest BCUT2D eigenvalue weighted by Crippen LogP contribution is 2.28. The molecule has 1 saturated heterocycles. The second-order valence-electron chi connectivity index (χ2n) is 5.96. The van der Waals surface area contributed by atoms with Crippen LogP contribution in [0.15, 0.2) is 18.2 Å². The van der Waals surface area contributed by atoms with Gasteiger partial charge in [-0.25, -0.2) is 0 Å². The molecule has 1 aliphatic rings. The summed E-state index contributed by atoms with van der Waals surface area (Å²) in [5.41, 5.74) is 0. The van der Waals surface area contributed by atoms with E-state index < -0.39 is 43.7 Å². The van der Waals surface area contributed by atoms with Crippen molar-refractivity contribution in [1.29, 1.82) is 0 Å². The van der Waals surface area contributed by atoms with Crippen LogP contribution in [0.1, 0.15) is 13.8 Å². The highest BCUT2D eigenvalue weighted by Gasteiger charge is 2.45. The molecule has 0 radical (unpaired) electrons. The van der Waals surface area contributed by atoms with E-state index in [1.807, 2.05) is 13.8 Å². The molecule has 7 nitrogen and oxygen atoms in total. The Morgan fingerprint density at radius 3 is 2.58 bits per heavy atom. The number of aliphatic hydroxyl groups excluding tert-OH is 3. The zero-order valence-corrected chi connectivity index (χ0v) is 13.3. The standard InChI is InChI=1S/C15H22F2N2O5/c1-7(2)14-11(13(22)12(21)8(6-20)23-14)19-9-4-3-5-10(18-9)24-15(16)17/h3-5,7-8,11-15,20-22H,6H2,1-2H3,(H,18,19)/t8-,11-,12+,13-,14?/m1/s1. The van der Waals surface area contributed by atoms with Crippen LogP contribution in [-0.2, 0) is 4.74 Å². The third-order valence-corrected chi connectivity index (χ3v) is 3.87. The summed E-state index contributed by atoms with van der Waals surface area (Å²) in [4.78, 5) is 3.89. The van der Waals surface area contributed by atoms with Gasteiger partial charge in [0, 0.05) is 6.07 Å². The van der Waals surface area contributed by atoms with E-state index in [1.165, 1.54) is 18.2 Å². The van der Waals surface area contributed by atoms with Gasteiger partial charge in [0.1, 0.15) is 24.1 Å². The molecule has 1 aromatic heterocycles. The number of halogens is 2. The molecule has 1 aromatic rings. The minimum Gasteiger partial charge on any atom is -0.417 e. The Bertz CT molecular complexity index is 534. The molecule has 1 fully saturated rings. The Morgan fingerprint density at radius 1 is 1.29 bits per heavy atom. The number of alkyl halides is 2. The maximum Gasteiger partial charge on any atom is 0.388 e. The van der Waals surface area contributed by atoms with Crippen molar-refractivity contribution in [2.24, 2.45) is 5.92 Å². The number of aliphatic hydroxyl groups is 3. The molecule has 9 heteroatoms. The lowest BCUT2D eigenvalue weighted by atomic mass is 9.87. The van der Waals surface area contributed by atoms with Crippen molar-refractivity contribution >= 4 is 5.82 Å². The van der Waals surface area contributed by atoms with Gasteiger partial charge >= 0.3 is 6.61 Å². The van der Waals surface area contributed by atoms with Crippen molar-refractivity contribution in [3.05, 3.63) is 18.2 Å². The minimum atomic E-state index is -2.99. The number of hydrogen-bond acceptors (Lipinski definition) is 7. The summed E-state index contributed by atoms with van der Waals surface area (Å²) in [6.07, 6.45) is -3.94. The summed E-state index contributed by atoms with van der Waals surface area (Å²) in [7, 11) is 0. The van der Waals surface area contributed by atoms with Gasteiger partial charge in [0.2, 0.25) is 5.88 Å². The summed E-state index contributed by atoms with van der Waals surface area (Å²) in [5.74, 6) is -0.114. The fourth-order valence-corrected chi connectivity index (χ4v) is 2.71. The van der Waals surface area contributed by atoms with E-state index >= 15 is 0 Å². The maximum atomic E-state index is 12.3. The first-order valence-electron chi connectivity index (χ1n) is 7.64. The molecule has 24 heavy (non-hydrogen) atoms. The van der Waals surface area contributed by atoms with Crippen LogP contribution in [0, 0.1) is 5.92 Å². The first kappa shape index (κ1) is 18.8. The molecular weight excluding hydrogens is 326 g/mol. The van der Waals surface area contributed by atoms with Crippen LogP contribution in [0.3, 0.4) is 0 Å². The summed E-state index contributed by atoms with van der Waals surface area (Å²) >= 11 is 0. The first-order valence-corrected chi connectivity index (χ1v) is 7.64. The van der Waals surface area contributed by atoms with Gasteiger partial charge in [0.25, 0.3) is 0 Å². The van der Waals surface area contributed by atoms with Gasteiger partial charge in [-0.2, -0.15) is 13.8 Å². The smallest absolute Gasteiger partial charge is 0.388 e. The Labute approximate surface area is 138 Å². The van der Waals surface area contributed by atoms with E-state index in [9.17, 15) is 24.1 Å². The highest BCUT2D eigenvalue weighted by atomic mass is 19.3. The molecule has 4 N–H and O–H groups in total. The van der Waals surface area contributed by atoms with E-state index in [0.717, 1.165) is 0 Å². The van der Waals surface area contributed by atoms with E-state index in [1.54, 1.807) is 0 Å². The Kier molecular flexibility index (Phi) is 6.27. The molecule has 2 heterocycles. The minimum absolute atomic E-state index is 0.0424. The largest absolute Gasteiger partial charge is 0.417 e. The first-order chi connectivity index (χ1) is 11.3. The maximum absolute atomic E-state index is 12.3. The predicted molar refractivity (Wildman–Crippen MR) is 80.9 cm³/mol. The molecule has 0 saturated carbocycles. The van der Waals surface area contributed by atoms with Crippen LogP contribution in [0.5, 0.6) is 5.88 Å². The lowest BCUT2D eigenvalue weighted by molar-refractivity contribution is -0.194. The molecule has 0 bridgehead atoms. The molecule has 1 unspecified atom stereocenters. The van der Waals surface area contributed by atoms with Gasteiger partial charge < -0.3 is 30.1 Å². The number of nitrogens with one attached hydrogen (secondary N) is 1. The summed E-state index contributed by atoms with van der Waals surface area (Å²) in [6, 6.07) is 3.53. The summed E-state index contributed by atoms with van der Waals surface area (Å²) in [5, 5.41) is 32.5. The predicted octanol–water partition coefficient (Wildman–Crippen LogP) is 0.601. The van der Waals surface area contributed by atoms with Gasteiger partial charge in [-0.3, -0.25) is 0 Å². The van der Waals surface area contributed by atoms with Gasteiger partial charge in [-0.15, -0.1) is 0 Å². The average Bonchev–Trinajstić information content (AvgIpc) is 2.51. The molecule has 1 aliphatic heterocycles. The molecule has 0 aromatic carbocycles. The second-order valence-corrected chi connectivity index (χ2v) is 5.96. The van der Waals surface area contributed by atoms with Crippen molar-refractivity contribution in [3.8, 4) is 5.88 Å². The van der Waals surface area contributed by atoms with Crippen LogP contribution in [0.2, 0.25) is 0 Å². The highest BCUT2D eigenvalue weighted by molar-refractivity contribution is 5.39. The zero-order valence-electron chi connectivity index (χ0n) is 13.3. The number of anilines is 1. The van der Waals surface area contributed by atoms with Crippen LogP contribution >= 0.6 is 0 Å². The van der Waals surface area contributed by atoms with Crippen molar-refractivity contribution in [3.63, 3.8) is 0 Å². The van der Waals surface area contributed by atoms with E-state index in [4.69, 9.17) is 4.74 Å². The molecule has 0 aliphatic carbocycles. The number of ether oxygens (including phenoxy) is 2. The van der Waals surface area contributed by atoms with Crippen LogP contribution < -0.4 is 10.1 Å². The molecule has 5 atom stereocenters. The SMILES string of the molecule is CC(C)C1O[C@H](CO)[C@H](O)[C@H](O)[C@H]1Nc1cccc(OC(F)F)n1. The average molecular weight is 348 g/mol. The number of nitrogens with zero attached hydrogens (tertiary/aromatic N) is 1. The van der Waals surface area contributed by atoms with Crippen LogP contribution in [0.25, 0.3) is 0 Å². The van der Waals surface area contributed by atoms with Gasteiger partial charge in [0.15, 0.2) is 0 Å². The monoisotopic (exact) mass is 348 g/mol. The van der Waals surface area contributed by atoms with Gasteiger partial charge in [-0.1, -0.05) is 19.9 Å². The second kappa shape index (κ2) is 8.02. The van der Waals surface area contributed by atoms with Gasteiger partial charge in [0.05, 0.1) is 18.8 Å². The molecule has 0 spiro atoms. The number of rotatable bonds is 6. The number of hydrogen-bond donors (Lipinski definition) is 4. The Hall–Kier alpha value is -1.55. The third-order valence-electron chi connectivity index (χ3n) is 3.87. The third kappa shape index (κ3) is 4.29. The van der Waals surface area contributed by atoms with Crippen LogP contribution in [0.4, 0.5) is 14.6 Å². The normalized spacial score (nSPS) is 30.6. The molecular formula is C15H22F2N2O5. The van der Waals surface area contributed by atoms with E-state index in [-0.39, 0.29) is 17.6 Å². The summed E-state index contributed by atoms with van der Waals surface area (Å²) < 4.78 is 34.4. The lowest BCUT2D eigenvalue weighted by Crippen LogP contribution is -2.62. The van der Waals surface area contributed by atoms with Crippen molar-refractivity contribution in [2.75, 3.05) is 11.9 Å². The van der Waals surface area contributed by atoms with Crippen LogP contribution in [-0.4, -0.2) is 64.0 Å². The van der Waals surface area contributed by atoms with Crippen molar-refractivity contribution in [1.82, 2.24) is 4.98 Å².